The first-order valence-corrected chi connectivity index (χ1v) is 10.3. The van der Waals surface area contributed by atoms with Gasteiger partial charge in [-0.25, -0.2) is 10.9 Å². The second-order valence-corrected chi connectivity index (χ2v) is 6.92. The molecule has 0 radical (unpaired) electrons. The molecule has 0 saturated carbocycles. The van der Waals surface area contributed by atoms with Gasteiger partial charge in [-0.2, -0.15) is 10.2 Å². The van der Waals surface area contributed by atoms with Gasteiger partial charge in [0.15, 0.2) is 0 Å². The Hall–Kier alpha value is -4.26. The Bertz CT molecular complexity index is 1050. The molecule has 0 unspecified atom stereocenters. The van der Waals surface area contributed by atoms with Crippen molar-refractivity contribution in [2.75, 3.05) is 11.9 Å². The van der Waals surface area contributed by atoms with Crippen molar-refractivity contribution in [3.05, 3.63) is 102 Å². The normalized spacial score (nSPS) is 10.9. The van der Waals surface area contributed by atoms with Crippen LogP contribution in [0.2, 0.25) is 0 Å². The lowest BCUT2D eigenvalue weighted by Gasteiger charge is -2.07. The number of rotatable bonds is 10. The third kappa shape index (κ3) is 7.87. The first-order chi connectivity index (χ1) is 15.7. The topological polar surface area (TPSA) is 95.0 Å². The Morgan fingerprint density at radius 3 is 1.88 bits per heavy atom. The number of amides is 2. The van der Waals surface area contributed by atoms with E-state index in [1.54, 1.807) is 24.6 Å². The Morgan fingerprint density at radius 1 is 0.719 bits per heavy atom. The summed E-state index contributed by atoms with van der Waals surface area (Å²) in [6.07, 6.45) is 4.22. The summed E-state index contributed by atoms with van der Waals surface area (Å²) in [6.45, 7) is 0.628. The molecule has 0 aliphatic heterocycles. The van der Waals surface area contributed by atoms with E-state index >= 15 is 0 Å². The van der Waals surface area contributed by atoms with Crippen LogP contribution in [0, 0.1) is 0 Å². The number of carbonyl (C=O) groups is 2. The van der Waals surface area contributed by atoms with Crippen LogP contribution in [0.15, 0.2) is 95.1 Å². The van der Waals surface area contributed by atoms with Crippen LogP contribution in [-0.2, 0) is 4.79 Å². The highest BCUT2D eigenvalue weighted by Gasteiger charge is 2.04. The van der Waals surface area contributed by atoms with E-state index in [1.165, 1.54) is 0 Å². The minimum absolute atomic E-state index is 0.137. The largest absolute Gasteiger partial charge is 0.385 e. The molecule has 0 aliphatic carbocycles. The molecule has 3 aromatic rings. The van der Waals surface area contributed by atoms with E-state index in [2.05, 4.69) is 26.4 Å². The summed E-state index contributed by atoms with van der Waals surface area (Å²) in [7, 11) is 0. The molecule has 2 amide bonds. The van der Waals surface area contributed by atoms with Crippen LogP contribution in [-0.4, -0.2) is 30.8 Å². The third-order valence-corrected chi connectivity index (χ3v) is 4.44. The van der Waals surface area contributed by atoms with Crippen molar-refractivity contribution in [3.63, 3.8) is 0 Å². The van der Waals surface area contributed by atoms with Crippen LogP contribution in [0.3, 0.4) is 0 Å². The Balaban J connectivity index is 1.33. The summed E-state index contributed by atoms with van der Waals surface area (Å²) in [5, 5.41) is 11.2. The van der Waals surface area contributed by atoms with Gasteiger partial charge < -0.3 is 5.32 Å². The summed E-state index contributed by atoms with van der Waals surface area (Å²) >= 11 is 0. The van der Waals surface area contributed by atoms with Gasteiger partial charge in [0.1, 0.15) is 0 Å². The predicted octanol–water partition coefficient (Wildman–Crippen LogP) is 3.79. The standard InChI is InChI=1S/C25H25N5O2/c31-24(29-27-18-20-8-3-1-4-9-20)12-7-17-26-23-15-13-22(14-16-23)25(32)30-28-19-21-10-5-2-6-11-21/h1-6,8-11,13-16,18-19,26H,7,12,17H2,(H,29,31)(H,30,32). The van der Waals surface area contributed by atoms with E-state index in [1.807, 2.05) is 72.8 Å². The van der Waals surface area contributed by atoms with Gasteiger partial charge in [0.2, 0.25) is 5.91 Å². The lowest BCUT2D eigenvalue weighted by atomic mass is 10.2. The van der Waals surface area contributed by atoms with Crippen LogP contribution in [0.5, 0.6) is 0 Å². The minimum atomic E-state index is -0.281. The van der Waals surface area contributed by atoms with Gasteiger partial charge in [0.25, 0.3) is 5.91 Å². The van der Waals surface area contributed by atoms with E-state index in [9.17, 15) is 9.59 Å². The van der Waals surface area contributed by atoms with Crippen LogP contribution < -0.4 is 16.2 Å². The average molecular weight is 428 g/mol. The monoisotopic (exact) mass is 427 g/mol. The number of nitrogens with zero attached hydrogens (tertiary/aromatic N) is 2. The zero-order chi connectivity index (χ0) is 22.4. The van der Waals surface area contributed by atoms with Gasteiger partial charge >= 0.3 is 0 Å². The number of nitrogens with one attached hydrogen (secondary N) is 3. The molecule has 162 valence electrons. The molecule has 0 fully saturated rings. The third-order valence-electron chi connectivity index (χ3n) is 4.44. The Labute approximate surface area is 187 Å². The van der Waals surface area contributed by atoms with Gasteiger partial charge in [-0.1, -0.05) is 60.7 Å². The highest BCUT2D eigenvalue weighted by atomic mass is 16.2. The average Bonchev–Trinajstić information content (AvgIpc) is 2.83. The summed E-state index contributed by atoms with van der Waals surface area (Å²) in [4.78, 5) is 24.0. The molecule has 0 spiro atoms. The maximum Gasteiger partial charge on any atom is 0.271 e. The second kappa shape index (κ2) is 12.4. The molecule has 7 heteroatoms. The van der Waals surface area contributed by atoms with Gasteiger partial charge in [-0.05, 0) is 41.8 Å². The van der Waals surface area contributed by atoms with Crippen molar-refractivity contribution in [1.82, 2.24) is 10.9 Å². The molecule has 7 nitrogen and oxygen atoms in total. The molecule has 3 rings (SSSR count). The number of anilines is 1. The van der Waals surface area contributed by atoms with Crippen molar-refractivity contribution >= 4 is 29.9 Å². The highest BCUT2D eigenvalue weighted by Crippen LogP contribution is 2.10. The van der Waals surface area contributed by atoms with Crippen LogP contribution in [0.1, 0.15) is 34.3 Å². The van der Waals surface area contributed by atoms with E-state index in [0.29, 0.717) is 24.9 Å². The molecule has 0 aromatic heterocycles. The van der Waals surface area contributed by atoms with E-state index < -0.39 is 0 Å². The van der Waals surface area contributed by atoms with Gasteiger partial charge in [0, 0.05) is 24.2 Å². The van der Waals surface area contributed by atoms with E-state index in [4.69, 9.17) is 0 Å². The fraction of sp³-hybridized carbons (Fsp3) is 0.120. The fourth-order valence-corrected chi connectivity index (χ4v) is 2.76. The summed E-state index contributed by atoms with van der Waals surface area (Å²) in [5.41, 5.74) is 8.25. The SMILES string of the molecule is O=C(CCCNc1ccc(C(=O)NN=Cc2ccccc2)cc1)NN=Cc1ccccc1. The zero-order valence-corrected chi connectivity index (χ0v) is 17.6. The number of hydrazone groups is 2. The first kappa shape index (κ1) is 22.4. The van der Waals surface area contributed by atoms with Crippen molar-refractivity contribution in [2.24, 2.45) is 10.2 Å². The molecule has 32 heavy (non-hydrogen) atoms. The number of carbonyl (C=O) groups excluding carboxylic acids is 2. The molecule has 0 heterocycles. The van der Waals surface area contributed by atoms with E-state index in [0.717, 1.165) is 16.8 Å². The summed E-state index contributed by atoms with van der Waals surface area (Å²) < 4.78 is 0. The molecule has 3 aromatic carbocycles. The molecular weight excluding hydrogens is 402 g/mol. The predicted molar refractivity (Wildman–Crippen MR) is 128 cm³/mol. The molecule has 0 saturated heterocycles. The smallest absolute Gasteiger partial charge is 0.271 e. The maximum absolute atomic E-state index is 12.2. The van der Waals surface area contributed by atoms with Crippen LogP contribution >= 0.6 is 0 Å². The highest BCUT2D eigenvalue weighted by molar-refractivity contribution is 5.95. The summed E-state index contributed by atoms with van der Waals surface area (Å²) in [6, 6.07) is 26.2. The molecule has 0 atom stereocenters. The molecular formula is C25H25N5O2. The first-order valence-electron chi connectivity index (χ1n) is 10.3. The fourth-order valence-electron chi connectivity index (χ4n) is 2.76. The number of hydrogen-bond donors (Lipinski definition) is 3. The van der Waals surface area contributed by atoms with Gasteiger partial charge in [-0.15, -0.1) is 0 Å². The van der Waals surface area contributed by atoms with Crippen molar-refractivity contribution < 1.29 is 9.59 Å². The summed E-state index contributed by atoms with van der Waals surface area (Å²) in [5.74, 6) is -0.418. The van der Waals surface area contributed by atoms with Crippen molar-refractivity contribution in [3.8, 4) is 0 Å². The number of benzene rings is 3. The Morgan fingerprint density at radius 2 is 1.28 bits per heavy atom. The molecule has 3 N–H and O–H groups in total. The molecule has 0 aliphatic rings. The van der Waals surface area contributed by atoms with E-state index in [-0.39, 0.29) is 11.8 Å². The maximum atomic E-state index is 12.2. The van der Waals surface area contributed by atoms with Crippen LogP contribution in [0.4, 0.5) is 5.69 Å². The molecule has 0 bridgehead atoms. The van der Waals surface area contributed by atoms with Gasteiger partial charge in [-0.3, -0.25) is 9.59 Å². The number of hydrogen-bond acceptors (Lipinski definition) is 5. The van der Waals surface area contributed by atoms with Gasteiger partial charge in [0.05, 0.1) is 12.4 Å². The lowest BCUT2D eigenvalue weighted by molar-refractivity contribution is -0.121. The minimum Gasteiger partial charge on any atom is -0.385 e. The van der Waals surface area contributed by atoms with Crippen molar-refractivity contribution in [2.45, 2.75) is 12.8 Å². The lowest BCUT2D eigenvalue weighted by Crippen LogP contribution is -2.18. The van der Waals surface area contributed by atoms with Crippen molar-refractivity contribution in [1.29, 1.82) is 0 Å². The Kier molecular flexibility index (Phi) is 8.72. The quantitative estimate of drug-likeness (QED) is 0.261. The zero-order valence-electron chi connectivity index (χ0n) is 17.6. The van der Waals surface area contributed by atoms with Crippen LogP contribution in [0.25, 0.3) is 0 Å². The second-order valence-electron chi connectivity index (χ2n) is 6.92.